The van der Waals surface area contributed by atoms with Crippen molar-refractivity contribution in [1.29, 1.82) is 0 Å². The van der Waals surface area contributed by atoms with Gasteiger partial charge in [0.15, 0.2) is 0 Å². The summed E-state index contributed by atoms with van der Waals surface area (Å²) in [6.45, 7) is 6.91. The van der Waals surface area contributed by atoms with E-state index in [1.54, 1.807) is 18.2 Å². The van der Waals surface area contributed by atoms with E-state index in [1.165, 1.54) is 0 Å². The molecule has 5 heteroatoms. The summed E-state index contributed by atoms with van der Waals surface area (Å²) in [7, 11) is 0. The van der Waals surface area contributed by atoms with Gasteiger partial charge < -0.3 is 15.2 Å². The third-order valence-corrected chi connectivity index (χ3v) is 5.12. The van der Waals surface area contributed by atoms with Gasteiger partial charge in [0.1, 0.15) is 5.60 Å². The van der Waals surface area contributed by atoms with Gasteiger partial charge in [0.05, 0.1) is 5.56 Å². The molecule has 0 saturated heterocycles. The second kappa shape index (κ2) is 13.2. The third-order valence-electron chi connectivity index (χ3n) is 5.12. The molecule has 0 heterocycles. The van der Waals surface area contributed by atoms with Gasteiger partial charge >= 0.3 is 12.1 Å². The van der Waals surface area contributed by atoms with E-state index >= 15 is 0 Å². The van der Waals surface area contributed by atoms with Crippen LogP contribution in [0.1, 0.15) is 94.5 Å². The van der Waals surface area contributed by atoms with Crippen LogP contribution in [0.5, 0.6) is 0 Å². The van der Waals surface area contributed by atoms with Crippen LogP contribution >= 0.6 is 0 Å². The second-order valence-electron chi connectivity index (χ2n) is 7.57. The molecule has 0 aromatic heterocycles. The summed E-state index contributed by atoms with van der Waals surface area (Å²) in [4.78, 5) is 23.5. The molecule has 0 spiro atoms. The van der Waals surface area contributed by atoms with Crippen molar-refractivity contribution < 1.29 is 19.4 Å². The van der Waals surface area contributed by atoms with Crippen LogP contribution in [-0.4, -0.2) is 29.3 Å². The molecule has 0 saturated carbocycles. The summed E-state index contributed by atoms with van der Waals surface area (Å²) in [6.07, 6.45) is 9.39. The predicted octanol–water partition coefficient (Wildman–Crippen LogP) is 5.96. The van der Waals surface area contributed by atoms with Gasteiger partial charge in [-0.25, -0.2) is 9.59 Å². The van der Waals surface area contributed by atoms with Crippen LogP contribution in [0.15, 0.2) is 24.3 Å². The minimum absolute atomic E-state index is 0.262. The zero-order valence-electron chi connectivity index (χ0n) is 17.8. The molecule has 158 valence electrons. The highest BCUT2D eigenvalue weighted by Crippen LogP contribution is 2.31. The molecular weight excluding hydrogens is 354 g/mol. The monoisotopic (exact) mass is 391 g/mol. The maximum Gasteiger partial charge on any atom is 0.407 e. The quantitative estimate of drug-likeness (QED) is 0.410. The van der Waals surface area contributed by atoms with E-state index in [-0.39, 0.29) is 17.3 Å². The molecule has 2 N–H and O–H groups in total. The summed E-state index contributed by atoms with van der Waals surface area (Å²) >= 11 is 0. The molecule has 1 aromatic rings. The molecule has 1 rings (SSSR count). The highest BCUT2D eigenvalue weighted by atomic mass is 16.6. The molecule has 1 aromatic carbocycles. The SMILES string of the molecule is CCCCC(CCCC)(CCCC)OC(=O)NCCc1cccc(C(=O)O)c1. The van der Waals surface area contributed by atoms with Gasteiger partial charge in [-0.15, -0.1) is 0 Å². The number of hydrogen-bond acceptors (Lipinski definition) is 3. The fraction of sp³-hybridized carbons (Fsp3) is 0.652. The standard InChI is InChI=1S/C23H37NO4/c1-4-7-14-23(15-8-5-2,16-9-6-3)28-22(27)24-17-13-19-11-10-12-20(18-19)21(25)26/h10-12,18H,4-9,13-17H2,1-3H3,(H,24,27)(H,25,26). The lowest BCUT2D eigenvalue weighted by Crippen LogP contribution is -2.40. The van der Waals surface area contributed by atoms with Crippen LogP contribution < -0.4 is 5.32 Å². The topological polar surface area (TPSA) is 75.6 Å². The van der Waals surface area contributed by atoms with Crippen LogP contribution in [0.25, 0.3) is 0 Å². The summed E-state index contributed by atoms with van der Waals surface area (Å²) in [5, 5.41) is 11.9. The number of rotatable bonds is 14. The summed E-state index contributed by atoms with van der Waals surface area (Å²) < 4.78 is 6.00. The number of unbranched alkanes of at least 4 members (excludes halogenated alkanes) is 3. The number of hydrogen-bond donors (Lipinski definition) is 2. The average molecular weight is 392 g/mol. The van der Waals surface area contributed by atoms with Crippen molar-refractivity contribution >= 4 is 12.1 Å². The molecule has 0 radical (unpaired) electrons. The first-order valence-corrected chi connectivity index (χ1v) is 10.8. The number of amides is 1. The van der Waals surface area contributed by atoms with Crippen molar-refractivity contribution in [3.05, 3.63) is 35.4 Å². The molecule has 28 heavy (non-hydrogen) atoms. The molecule has 0 aliphatic heterocycles. The minimum Gasteiger partial charge on any atom is -0.478 e. The van der Waals surface area contributed by atoms with Gasteiger partial charge in [-0.3, -0.25) is 0 Å². The Morgan fingerprint density at radius 3 is 2.07 bits per heavy atom. The Morgan fingerprint density at radius 1 is 1.00 bits per heavy atom. The lowest BCUT2D eigenvalue weighted by atomic mass is 9.86. The first-order valence-electron chi connectivity index (χ1n) is 10.8. The van der Waals surface area contributed by atoms with E-state index in [2.05, 4.69) is 26.1 Å². The van der Waals surface area contributed by atoms with Gasteiger partial charge in [-0.05, 0) is 62.6 Å². The van der Waals surface area contributed by atoms with Crippen LogP contribution in [0.3, 0.4) is 0 Å². The first-order chi connectivity index (χ1) is 13.5. The molecule has 0 bridgehead atoms. The van der Waals surface area contributed by atoms with Gasteiger partial charge in [-0.1, -0.05) is 52.2 Å². The maximum atomic E-state index is 12.5. The first kappa shape index (κ1) is 24.0. The highest BCUT2D eigenvalue weighted by molar-refractivity contribution is 5.87. The molecule has 1 amide bonds. The Kier molecular flexibility index (Phi) is 11.3. The lowest BCUT2D eigenvalue weighted by Gasteiger charge is -2.34. The summed E-state index contributed by atoms with van der Waals surface area (Å²) in [6, 6.07) is 6.80. The van der Waals surface area contributed by atoms with E-state index in [0.717, 1.165) is 63.4 Å². The fourth-order valence-electron chi connectivity index (χ4n) is 3.43. The number of alkyl carbamates (subject to hydrolysis) is 1. The molecule has 0 aliphatic rings. The Balaban J connectivity index is 2.65. The van der Waals surface area contributed by atoms with Crippen LogP contribution in [-0.2, 0) is 11.2 Å². The van der Waals surface area contributed by atoms with Gasteiger partial charge in [0.2, 0.25) is 0 Å². The summed E-state index contributed by atoms with van der Waals surface area (Å²) in [5.41, 5.74) is 0.780. The van der Waals surface area contributed by atoms with Gasteiger partial charge in [-0.2, -0.15) is 0 Å². The normalized spacial score (nSPS) is 11.2. The molecular formula is C23H37NO4. The number of benzene rings is 1. The van der Waals surface area contributed by atoms with Crippen molar-refractivity contribution in [2.45, 2.75) is 90.6 Å². The number of carboxylic acid groups (broad SMARTS) is 1. The molecule has 0 fully saturated rings. The largest absolute Gasteiger partial charge is 0.478 e. The van der Waals surface area contributed by atoms with E-state index in [0.29, 0.717) is 13.0 Å². The smallest absolute Gasteiger partial charge is 0.407 e. The zero-order valence-corrected chi connectivity index (χ0v) is 17.8. The average Bonchev–Trinajstić information content (AvgIpc) is 2.69. The third kappa shape index (κ3) is 8.77. The van der Waals surface area contributed by atoms with Gasteiger partial charge in [0, 0.05) is 6.54 Å². The molecule has 5 nitrogen and oxygen atoms in total. The number of aromatic carboxylic acids is 1. The fourth-order valence-corrected chi connectivity index (χ4v) is 3.43. The zero-order chi connectivity index (χ0) is 20.8. The van der Waals surface area contributed by atoms with Crippen molar-refractivity contribution in [2.24, 2.45) is 0 Å². The minimum atomic E-state index is -0.943. The van der Waals surface area contributed by atoms with E-state index in [4.69, 9.17) is 9.84 Å². The number of carbonyl (C=O) groups excluding carboxylic acids is 1. The Bertz CT molecular complexity index is 578. The van der Waals surface area contributed by atoms with Crippen LogP contribution in [0, 0.1) is 0 Å². The van der Waals surface area contributed by atoms with Crippen molar-refractivity contribution in [2.75, 3.05) is 6.54 Å². The molecule has 0 atom stereocenters. The molecule has 0 aliphatic carbocycles. The van der Waals surface area contributed by atoms with Crippen molar-refractivity contribution in [3.8, 4) is 0 Å². The van der Waals surface area contributed by atoms with E-state index in [1.807, 2.05) is 6.07 Å². The summed E-state index contributed by atoms with van der Waals surface area (Å²) in [5.74, 6) is -0.943. The number of carboxylic acids is 1. The maximum absolute atomic E-state index is 12.5. The lowest BCUT2D eigenvalue weighted by molar-refractivity contribution is -0.0134. The highest BCUT2D eigenvalue weighted by Gasteiger charge is 2.32. The number of ether oxygens (including phenoxy) is 1. The number of carbonyl (C=O) groups is 2. The van der Waals surface area contributed by atoms with E-state index in [9.17, 15) is 9.59 Å². The Labute approximate surface area is 169 Å². The Morgan fingerprint density at radius 2 is 1.57 bits per heavy atom. The second-order valence-corrected chi connectivity index (χ2v) is 7.57. The predicted molar refractivity (Wildman–Crippen MR) is 113 cm³/mol. The number of nitrogens with one attached hydrogen (secondary N) is 1. The van der Waals surface area contributed by atoms with Crippen LogP contribution in [0.4, 0.5) is 4.79 Å². The van der Waals surface area contributed by atoms with Crippen LogP contribution in [0.2, 0.25) is 0 Å². The van der Waals surface area contributed by atoms with Crippen molar-refractivity contribution in [3.63, 3.8) is 0 Å². The van der Waals surface area contributed by atoms with E-state index < -0.39 is 5.97 Å². The Hall–Kier alpha value is -2.04. The van der Waals surface area contributed by atoms with Gasteiger partial charge in [0.25, 0.3) is 0 Å². The molecule has 0 unspecified atom stereocenters. The van der Waals surface area contributed by atoms with Crippen molar-refractivity contribution in [1.82, 2.24) is 5.32 Å².